The van der Waals surface area contributed by atoms with E-state index in [0.29, 0.717) is 5.92 Å². The lowest BCUT2D eigenvalue weighted by atomic mass is 10.1. The molecule has 0 aliphatic heterocycles. The summed E-state index contributed by atoms with van der Waals surface area (Å²) in [6.07, 6.45) is 1.93. The molecule has 0 saturated carbocycles. The molecule has 3 unspecified atom stereocenters. The van der Waals surface area contributed by atoms with Gasteiger partial charge >= 0.3 is 0 Å². The summed E-state index contributed by atoms with van der Waals surface area (Å²) < 4.78 is 5.63. The standard InChI is InChI=1S/C11H19O/c1-7-9(4)11(6)12-10(5)8(2)3/h7-8,10-11H,1-2,4H2,3,5-6H3. The second-order valence-corrected chi connectivity index (χ2v) is 3.24. The third kappa shape index (κ3) is 3.72. The highest BCUT2D eigenvalue weighted by Crippen LogP contribution is 2.12. The number of ether oxygens (including phenoxy) is 1. The first-order valence-electron chi connectivity index (χ1n) is 4.28. The largest absolute Gasteiger partial charge is 0.371 e. The lowest BCUT2D eigenvalue weighted by Gasteiger charge is -2.22. The molecule has 0 heterocycles. The Bertz CT molecular complexity index is 158. The fourth-order valence-electron chi connectivity index (χ4n) is 0.709. The van der Waals surface area contributed by atoms with Gasteiger partial charge in [-0.1, -0.05) is 26.2 Å². The number of hydrogen-bond acceptors (Lipinski definition) is 1. The maximum atomic E-state index is 5.63. The van der Waals surface area contributed by atoms with Crippen molar-refractivity contribution < 1.29 is 4.74 Å². The van der Waals surface area contributed by atoms with Gasteiger partial charge in [0.1, 0.15) is 0 Å². The van der Waals surface area contributed by atoms with Crippen LogP contribution in [0.2, 0.25) is 0 Å². The summed E-state index contributed by atoms with van der Waals surface area (Å²) in [7, 11) is 0. The Morgan fingerprint density at radius 1 is 1.33 bits per heavy atom. The number of rotatable bonds is 5. The lowest BCUT2D eigenvalue weighted by molar-refractivity contribution is 0.00951. The molecule has 0 amide bonds. The van der Waals surface area contributed by atoms with E-state index in [1.165, 1.54) is 0 Å². The Hall–Kier alpha value is -0.560. The maximum Gasteiger partial charge on any atom is 0.0794 e. The smallest absolute Gasteiger partial charge is 0.0794 e. The van der Waals surface area contributed by atoms with Crippen molar-refractivity contribution in [1.82, 2.24) is 0 Å². The van der Waals surface area contributed by atoms with E-state index in [1.807, 2.05) is 20.8 Å². The highest BCUT2D eigenvalue weighted by atomic mass is 16.5. The molecule has 0 aromatic carbocycles. The van der Waals surface area contributed by atoms with Crippen molar-refractivity contribution in [2.24, 2.45) is 5.92 Å². The fraction of sp³-hybridized carbons (Fsp3) is 0.545. The summed E-state index contributed by atoms with van der Waals surface area (Å²) in [5, 5.41) is 0. The molecule has 0 aromatic heterocycles. The Morgan fingerprint density at radius 2 is 1.83 bits per heavy atom. The van der Waals surface area contributed by atoms with Gasteiger partial charge in [0.2, 0.25) is 0 Å². The molecule has 12 heavy (non-hydrogen) atoms. The van der Waals surface area contributed by atoms with Crippen molar-refractivity contribution in [3.05, 3.63) is 31.7 Å². The summed E-state index contributed by atoms with van der Waals surface area (Å²) in [6.45, 7) is 17.4. The molecule has 0 spiro atoms. The zero-order chi connectivity index (χ0) is 9.72. The zero-order valence-corrected chi connectivity index (χ0v) is 8.34. The van der Waals surface area contributed by atoms with Crippen molar-refractivity contribution in [3.63, 3.8) is 0 Å². The van der Waals surface area contributed by atoms with Crippen LogP contribution in [0.15, 0.2) is 24.8 Å². The van der Waals surface area contributed by atoms with Gasteiger partial charge in [0.15, 0.2) is 0 Å². The van der Waals surface area contributed by atoms with E-state index in [-0.39, 0.29) is 12.2 Å². The molecule has 0 fully saturated rings. The zero-order valence-electron chi connectivity index (χ0n) is 8.34. The van der Waals surface area contributed by atoms with Crippen LogP contribution >= 0.6 is 0 Å². The minimum Gasteiger partial charge on any atom is -0.371 e. The van der Waals surface area contributed by atoms with Crippen molar-refractivity contribution in [2.45, 2.75) is 33.0 Å². The van der Waals surface area contributed by atoms with Gasteiger partial charge in [-0.05, 0) is 32.3 Å². The van der Waals surface area contributed by atoms with E-state index < -0.39 is 0 Å². The second kappa shape index (κ2) is 5.15. The SMILES string of the molecule is [CH2]C(C)C(C)OC(C)C(=C)C=C. The van der Waals surface area contributed by atoms with Crippen LogP contribution in [0.5, 0.6) is 0 Å². The Morgan fingerprint density at radius 3 is 2.17 bits per heavy atom. The van der Waals surface area contributed by atoms with Crippen LogP contribution in [-0.2, 0) is 4.74 Å². The van der Waals surface area contributed by atoms with Crippen molar-refractivity contribution >= 4 is 0 Å². The Balaban J connectivity index is 3.91. The summed E-state index contributed by atoms with van der Waals surface area (Å²) in [6, 6.07) is 0. The fourth-order valence-corrected chi connectivity index (χ4v) is 0.709. The summed E-state index contributed by atoms with van der Waals surface area (Å²) in [5.74, 6) is 0.296. The number of hydrogen-bond donors (Lipinski definition) is 0. The molecule has 69 valence electrons. The highest BCUT2D eigenvalue weighted by Gasteiger charge is 2.12. The van der Waals surface area contributed by atoms with Gasteiger partial charge in [0.05, 0.1) is 12.2 Å². The predicted octanol–water partition coefficient (Wildman–Crippen LogP) is 2.99. The van der Waals surface area contributed by atoms with Crippen LogP contribution in [0.3, 0.4) is 0 Å². The van der Waals surface area contributed by atoms with E-state index in [0.717, 1.165) is 5.57 Å². The summed E-state index contributed by atoms with van der Waals surface area (Å²) in [5.41, 5.74) is 0.919. The van der Waals surface area contributed by atoms with Crippen molar-refractivity contribution in [1.29, 1.82) is 0 Å². The van der Waals surface area contributed by atoms with Gasteiger partial charge in [-0.25, -0.2) is 0 Å². The lowest BCUT2D eigenvalue weighted by Crippen LogP contribution is -2.22. The van der Waals surface area contributed by atoms with Gasteiger partial charge in [-0.2, -0.15) is 0 Å². The van der Waals surface area contributed by atoms with E-state index in [2.05, 4.69) is 20.1 Å². The van der Waals surface area contributed by atoms with Crippen molar-refractivity contribution in [3.8, 4) is 0 Å². The molecule has 0 bridgehead atoms. The van der Waals surface area contributed by atoms with E-state index in [4.69, 9.17) is 4.74 Å². The minimum absolute atomic E-state index is 0.0432. The molecule has 1 radical (unpaired) electrons. The molecular formula is C11H19O. The molecule has 1 heteroatoms. The maximum absolute atomic E-state index is 5.63. The van der Waals surface area contributed by atoms with Gasteiger partial charge < -0.3 is 4.74 Å². The topological polar surface area (TPSA) is 9.23 Å². The first-order chi connectivity index (χ1) is 5.49. The van der Waals surface area contributed by atoms with Crippen LogP contribution in [0.4, 0.5) is 0 Å². The molecular weight excluding hydrogens is 148 g/mol. The average Bonchev–Trinajstić information content (AvgIpc) is 2.02. The average molecular weight is 167 g/mol. The van der Waals surface area contributed by atoms with Gasteiger partial charge in [0, 0.05) is 0 Å². The first kappa shape index (κ1) is 11.4. The molecule has 0 rings (SSSR count). The van der Waals surface area contributed by atoms with Gasteiger partial charge in [-0.3, -0.25) is 0 Å². The van der Waals surface area contributed by atoms with E-state index >= 15 is 0 Å². The first-order valence-corrected chi connectivity index (χ1v) is 4.28. The quantitative estimate of drug-likeness (QED) is 0.572. The van der Waals surface area contributed by atoms with E-state index in [1.54, 1.807) is 6.08 Å². The molecule has 0 N–H and O–H groups in total. The third-order valence-electron chi connectivity index (χ3n) is 2.00. The Labute approximate surface area is 76.1 Å². The molecule has 0 aliphatic carbocycles. The molecule has 0 aliphatic rings. The predicted molar refractivity (Wildman–Crippen MR) is 53.9 cm³/mol. The summed E-state index contributed by atoms with van der Waals surface area (Å²) >= 11 is 0. The minimum atomic E-state index is 0.0432. The second-order valence-electron chi connectivity index (χ2n) is 3.24. The summed E-state index contributed by atoms with van der Waals surface area (Å²) in [4.78, 5) is 0. The van der Waals surface area contributed by atoms with Gasteiger partial charge in [0.25, 0.3) is 0 Å². The van der Waals surface area contributed by atoms with Crippen LogP contribution in [0, 0.1) is 12.8 Å². The van der Waals surface area contributed by atoms with Crippen LogP contribution in [-0.4, -0.2) is 12.2 Å². The monoisotopic (exact) mass is 167 g/mol. The van der Waals surface area contributed by atoms with Gasteiger partial charge in [-0.15, -0.1) is 0 Å². The molecule has 0 saturated heterocycles. The third-order valence-corrected chi connectivity index (χ3v) is 2.00. The van der Waals surface area contributed by atoms with Crippen molar-refractivity contribution in [2.75, 3.05) is 0 Å². The van der Waals surface area contributed by atoms with Crippen LogP contribution < -0.4 is 0 Å². The molecule has 0 aromatic rings. The van der Waals surface area contributed by atoms with Crippen LogP contribution in [0.25, 0.3) is 0 Å². The molecule has 1 nitrogen and oxygen atoms in total. The highest BCUT2D eigenvalue weighted by molar-refractivity contribution is 5.15. The normalized spacial score (nSPS) is 15.8. The molecule has 3 atom stereocenters. The Kier molecular flexibility index (Phi) is 4.91. The van der Waals surface area contributed by atoms with E-state index in [9.17, 15) is 0 Å². The van der Waals surface area contributed by atoms with Crippen LogP contribution in [0.1, 0.15) is 20.8 Å².